The Kier molecular flexibility index (Phi) is 5.07. The van der Waals surface area contributed by atoms with Gasteiger partial charge in [0.25, 0.3) is 5.91 Å². The first kappa shape index (κ1) is 20.6. The van der Waals surface area contributed by atoms with Gasteiger partial charge in [-0.25, -0.2) is 9.97 Å². The fourth-order valence-electron chi connectivity index (χ4n) is 4.57. The number of pyridine rings is 1. The molecular weight excluding hydrogens is 432 g/mol. The zero-order valence-corrected chi connectivity index (χ0v) is 18.4. The van der Waals surface area contributed by atoms with Gasteiger partial charge in [0, 0.05) is 41.5 Å². The third-order valence-electron chi connectivity index (χ3n) is 6.37. The van der Waals surface area contributed by atoms with Crippen LogP contribution < -0.4 is 0 Å². The van der Waals surface area contributed by atoms with Crippen LogP contribution in [0, 0.1) is 0 Å². The van der Waals surface area contributed by atoms with Gasteiger partial charge in [0.05, 0.1) is 25.2 Å². The fourth-order valence-corrected chi connectivity index (χ4v) is 4.57. The van der Waals surface area contributed by atoms with Crippen LogP contribution in [0.15, 0.2) is 54.7 Å². The molecule has 8 nitrogen and oxygen atoms in total. The summed E-state index contributed by atoms with van der Waals surface area (Å²) >= 11 is 0. The number of hydrogen-bond acceptors (Lipinski definition) is 6. The molecule has 8 heteroatoms. The molecule has 4 heterocycles. The number of ether oxygens (including phenoxy) is 2. The summed E-state index contributed by atoms with van der Waals surface area (Å²) in [5.41, 5.74) is 6.88. The van der Waals surface area contributed by atoms with Gasteiger partial charge in [-0.2, -0.15) is 0 Å². The third kappa shape index (κ3) is 3.62. The van der Waals surface area contributed by atoms with E-state index in [2.05, 4.69) is 9.97 Å². The quantitative estimate of drug-likeness (QED) is 0.477. The van der Waals surface area contributed by atoms with Crippen LogP contribution in [0.5, 0.6) is 0 Å². The summed E-state index contributed by atoms with van der Waals surface area (Å²) in [5.74, 6) is 0.485. The van der Waals surface area contributed by atoms with Crippen LogP contribution in [0.25, 0.3) is 33.7 Å². The minimum absolute atomic E-state index is 0.0120. The maximum atomic E-state index is 12.7. The highest BCUT2D eigenvalue weighted by Gasteiger charge is 2.22. The van der Waals surface area contributed by atoms with Gasteiger partial charge in [0.2, 0.25) is 0 Å². The van der Waals surface area contributed by atoms with Gasteiger partial charge in [0.15, 0.2) is 5.65 Å². The minimum Gasteiger partial charge on any atom is -0.461 e. The second-order valence-electron chi connectivity index (χ2n) is 8.41. The maximum absolute atomic E-state index is 12.7. The maximum Gasteiger partial charge on any atom is 0.310 e. The molecular formula is C26H22N4O4. The zero-order chi connectivity index (χ0) is 23.1. The lowest BCUT2D eigenvalue weighted by Gasteiger charge is -2.26. The molecule has 0 radical (unpaired) electrons. The highest BCUT2D eigenvalue weighted by Crippen LogP contribution is 2.34. The smallest absolute Gasteiger partial charge is 0.310 e. The van der Waals surface area contributed by atoms with Gasteiger partial charge in [-0.05, 0) is 29.3 Å². The first-order chi connectivity index (χ1) is 16.7. The average molecular weight is 454 g/mol. The Balaban J connectivity index is 1.34. The standard InChI is InChI=1S/C26H22N4O4/c31-22-14-18-2-1-3-19(21(18)15-34-22)20-8-9-27-25-23(20)28-24(29-25)16-4-6-17(7-5-16)26(32)30-10-12-33-13-11-30/h1-9H,10-15H2,(H,27,28,29). The van der Waals surface area contributed by atoms with Crippen LogP contribution in [0.4, 0.5) is 0 Å². The Morgan fingerprint density at radius 1 is 1.00 bits per heavy atom. The van der Waals surface area contributed by atoms with E-state index in [1.54, 1.807) is 6.20 Å². The summed E-state index contributed by atoms with van der Waals surface area (Å²) < 4.78 is 10.6. The molecule has 4 aromatic rings. The molecule has 2 aliphatic heterocycles. The molecule has 0 saturated carbocycles. The molecule has 2 aromatic carbocycles. The van der Waals surface area contributed by atoms with Gasteiger partial charge in [-0.3, -0.25) is 9.59 Å². The fraction of sp³-hybridized carbons (Fsp3) is 0.231. The highest BCUT2D eigenvalue weighted by molar-refractivity contribution is 5.95. The van der Waals surface area contributed by atoms with Crippen molar-refractivity contribution in [3.63, 3.8) is 0 Å². The normalized spacial score (nSPS) is 15.8. The number of nitrogens with zero attached hydrogens (tertiary/aromatic N) is 3. The molecule has 2 aromatic heterocycles. The summed E-state index contributed by atoms with van der Waals surface area (Å²) in [6.07, 6.45) is 2.02. The molecule has 1 amide bonds. The van der Waals surface area contributed by atoms with Gasteiger partial charge in [-0.15, -0.1) is 0 Å². The van der Waals surface area contributed by atoms with Gasteiger partial charge < -0.3 is 19.4 Å². The Morgan fingerprint density at radius 3 is 2.65 bits per heavy atom. The summed E-state index contributed by atoms with van der Waals surface area (Å²) in [7, 11) is 0. The molecule has 0 bridgehead atoms. The molecule has 0 aliphatic carbocycles. The van der Waals surface area contributed by atoms with Crippen molar-refractivity contribution in [1.29, 1.82) is 0 Å². The number of nitrogens with one attached hydrogen (secondary N) is 1. The first-order valence-corrected chi connectivity index (χ1v) is 11.3. The van der Waals surface area contributed by atoms with Gasteiger partial charge in [-0.1, -0.05) is 30.3 Å². The van der Waals surface area contributed by atoms with Crippen LogP contribution >= 0.6 is 0 Å². The number of H-pyrrole nitrogens is 1. The molecule has 0 spiro atoms. The molecule has 34 heavy (non-hydrogen) atoms. The van der Waals surface area contributed by atoms with Crippen LogP contribution in [0.2, 0.25) is 0 Å². The van der Waals surface area contributed by atoms with Crippen molar-refractivity contribution in [1.82, 2.24) is 19.9 Å². The van der Waals surface area contributed by atoms with E-state index in [-0.39, 0.29) is 24.9 Å². The monoisotopic (exact) mass is 454 g/mol. The van der Waals surface area contributed by atoms with Crippen molar-refractivity contribution in [2.75, 3.05) is 26.3 Å². The molecule has 2 aliphatic rings. The van der Waals surface area contributed by atoms with Gasteiger partial charge in [0.1, 0.15) is 12.4 Å². The number of hydrogen-bond donors (Lipinski definition) is 1. The first-order valence-electron chi connectivity index (χ1n) is 11.3. The van der Waals surface area contributed by atoms with Crippen molar-refractivity contribution in [2.24, 2.45) is 0 Å². The number of carbonyl (C=O) groups excluding carboxylic acids is 2. The molecule has 1 saturated heterocycles. The number of amides is 1. The van der Waals surface area contributed by atoms with E-state index in [1.165, 1.54) is 0 Å². The van der Waals surface area contributed by atoms with Crippen LogP contribution in [-0.2, 0) is 27.3 Å². The Hall–Kier alpha value is -4.04. The lowest BCUT2D eigenvalue weighted by atomic mass is 9.93. The van der Waals surface area contributed by atoms with Crippen molar-refractivity contribution in [3.8, 4) is 22.5 Å². The lowest BCUT2D eigenvalue weighted by molar-refractivity contribution is -0.145. The highest BCUT2D eigenvalue weighted by atomic mass is 16.5. The molecule has 6 rings (SSSR count). The van der Waals surface area contributed by atoms with Crippen molar-refractivity contribution in [2.45, 2.75) is 13.0 Å². The second-order valence-corrected chi connectivity index (χ2v) is 8.41. The topological polar surface area (TPSA) is 97.4 Å². The number of imidazole rings is 1. The number of cyclic esters (lactones) is 1. The number of carbonyl (C=O) groups is 2. The van der Waals surface area contributed by atoms with E-state index in [0.29, 0.717) is 43.3 Å². The van der Waals surface area contributed by atoms with Crippen molar-refractivity contribution >= 4 is 23.0 Å². The molecule has 170 valence electrons. The van der Waals surface area contributed by atoms with E-state index in [9.17, 15) is 9.59 Å². The SMILES string of the molecule is O=C1Cc2cccc(-c3ccnc4nc(-c5ccc(C(=O)N6CCOCC6)cc5)[nH]c34)c2CO1. The van der Waals surface area contributed by atoms with E-state index >= 15 is 0 Å². The predicted molar refractivity (Wildman–Crippen MR) is 125 cm³/mol. The summed E-state index contributed by atoms with van der Waals surface area (Å²) in [5, 5.41) is 0. The van der Waals surface area contributed by atoms with E-state index in [1.807, 2.05) is 53.4 Å². The van der Waals surface area contributed by atoms with Crippen LogP contribution in [-0.4, -0.2) is 58.0 Å². The summed E-state index contributed by atoms with van der Waals surface area (Å²) in [6, 6.07) is 15.4. The lowest BCUT2D eigenvalue weighted by Crippen LogP contribution is -2.40. The van der Waals surface area contributed by atoms with E-state index < -0.39 is 0 Å². The molecule has 1 fully saturated rings. The minimum atomic E-state index is -0.205. The Morgan fingerprint density at radius 2 is 1.82 bits per heavy atom. The van der Waals surface area contributed by atoms with Gasteiger partial charge >= 0.3 is 5.97 Å². The van der Waals surface area contributed by atoms with Crippen molar-refractivity contribution < 1.29 is 19.1 Å². The average Bonchev–Trinajstić information content (AvgIpc) is 3.33. The number of fused-ring (bicyclic) bond motifs is 2. The van der Waals surface area contributed by atoms with E-state index in [0.717, 1.165) is 33.3 Å². The number of benzene rings is 2. The number of aromatic nitrogens is 3. The van der Waals surface area contributed by atoms with Crippen LogP contribution in [0.3, 0.4) is 0 Å². The summed E-state index contributed by atoms with van der Waals surface area (Å²) in [4.78, 5) is 38.8. The third-order valence-corrected chi connectivity index (χ3v) is 6.37. The Labute approximate surface area is 195 Å². The largest absolute Gasteiger partial charge is 0.461 e. The van der Waals surface area contributed by atoms with Crippen LogP contribution in [0.1, 0.15) is 21.5 Å². The number of rotatable bonds is 3. The number of esters is 1. The van der Waals surface area contributed by atoms with Crippen molar-refractivity contribution in [3.05, 3.63) is 71.4 Å². The second kappa shape index (κ2) is 8.39. The molecule has 1 N–H and O–H groups in total. The molecule has 0 atom stereocenters. The number of morpholine rings is 1. The summed E-state index contributed by atoms with van der Waals surface area (Å²) in [6.45, 7) is 2.63. The molecule has 0 unspecified atom stereocenters. The Bertz CT molecular complexity index is 1400. The zero-order valence-electron chi connectivity index (χ0n) is 18.4. The predicted octanol–water partition coefficient (Wildman–Crippen LogP) is 3.36. The van der Waals surface area contributed by atoms with E-state index in [4.69, 9.17) is 14.5 Å². The number of aromatic amines is 1.